The van der Waals surface area contributed by atoms with Crippen molar-refractivity contribution >= 4 is 34.5 Å². The lowest BCUT2D eigenvalue weighted by atomic mass is 10.3. The zero-order valence-electron chi connectivity index (χ0n) is 14.7. The fourth-order valence-corrected chi connectivity index (χ4v) is 3.49. The predicted molar refractivity (Wildman–Crippen MR) is 98.1 cm³/mol. The molecule has 1 saturated heterocycles. The summed E-state index contributed by atoms with van der Waals surface area (Å²) in [5.74, 6) is 1.77. The van der Waals surface area contributed by atoms with Gasteiger partial charge in [-0.2, -0.15) is 5.10 Å². The minimum absolute atomic E-state index is 0.0679. The number of amides is 1. The van der Waals surface area contributed by atoms with Crippen LogP contribution in [-0.2, 0) is 16.1 Å². The molecule has 0 aromatic carbocycles. The number of aromatic nitrogens is 4. The molecule has 2 aromatic heterocycles. The summed E-state index contributed by atoms with van der Waals surface area (Å²) in [6.45, 7) is 5.26. The van der Waals surface area contributed by atoms with Crippen molar-refractivity contribution in [3.63, 3.8) is 0 Å². The summed E-state index contributed by atoms with van der Waals surface area (Å²) in [5, 5.41) is 9.04. The Morgan fingerprint density at radius 3 is 2.88 bits per heavy atom. The normalized spacial score (nSPS) is 14.4. The molecular weight excluding hydrogens is 340 g/mol. The summed E-state index contributed by atoms with van der Waals surface area (Å²) in [6, 6.07) is 0. The third-order valence-corrected chi connectivity index (χ3v) is 4.79. The molecular formula is C16H24N6O2S. The number of nitrogens with zero attached hydrogens (tertiary/aromatic N) is 5. The molecule has 136 valence electrons. The van der Waals surface area contributed by atoms with Gasteiger partial charge in [0.1, 0.15) is 12.4 Å². The second-order valence-corrected chi connectivity index (χ2v) is 7.08. The van der Waals surface area contributed by atoms with E-state index in [9.17, 15) is 4.79 Å². The number of carbonyl (C=O) groups is 1. The molecule has 0 bridgehead atoms. The van der Waals surface area contributed by atoms with E-state index in [-0.39, 0.29) is 12.5 Å². The largest absolute Gasteiger partial charge is 0.375 e. The van der Waals surface area contributed by atoms with Crippen LogP contribution in [-0.4, -0.2) is 64.8 Å². The maximum absolute atomic E-state index is 11.5. The minimum Gasteiger partial charge on any atom is -0.375 e. The Hall–Kier alpha value is -1.87. The molecule has 0 radical (unpaired) electrons. The first-order chi connectivity index (χ1) is 12.2. The van der Waals surface area contributed by atoms with Crippen LogP contribution >= 0.6 is 11.8 Å². The SMILES string of the molecule is CCSc1nc(N2CCCC2)c2cnn(CCNC(=O)COC)c2n1. The summed E-state index contributed by atoms with van der Waals surface area (Å²) in [5.41, 5.74) is 0.828. The number of hydrogen-bond acceptors (Lipinski definition) is 7. The Morgan fingerprint density at radius 2 is 2.16 bits per heavy atom. The summed E-state index contributed by atoms with van der Waals surface area (Å²) < 4.78 is 6.65. The van der Waals surface area contributed by atoms with Crippen LogP contribution in [0.15, 0.2) is 11.4 Å². The summed E-state index contributed by atoms with van der Waals surface area (Å²) >= 11 is 1.63. The molecule has 0 atom stereocenters. The van der Waals surface area contributed by atoms with Crippen LogP contribution < -0.4 is 10.2 Å². The maximum Gasteiger partial charge on any atom is 0.246 e. The lowest BCUT2D eigenvalue weighted by Crippen LogP contribution is -2.30. The van der Waals surface area contributed by atoms with Crippen LogP contribution in [0, 0.1) is 0 Å². The number of fused-ring (bicyclic) bond motifs is 1. The molecule has 25 heavy (non-hydrogen) atoms. The number of hydrogen-bond donors (Lipinski definition) is 1. The van der Waals surface area contributed by atoms with Crippen molar-refractivity contribution in [2.45, 2.75) is 31.5 Å². The van der Waals surface area contributed by atoms with Gasteiger partial charge in [-0.05, 0) is 18.6 Å². The van der Waals surface area contributed by atoms with E-state index in [1.165, 1.54) is 20.0 Å². The number of thioether (sulfide) groups is 1. The molecule has 8 nitrogen and oxygen atoms in total. The summed E-state index contributed by atoms with van der Waals surface area (Å²) in [6.07, 6.45) is 4.23. The Labute approximate surface area is 151 Å². The Kier molecular flexibility index (Phi) is 6.09. The standard InChI is InChI=1S/C16H24N6O2S/c1-3-25-16-19-14(21-7-4-5-8-21)12-10-18-22(15(12)20-16)9-6-17-13(23)11-24-2/h10H,3-9,11H2,1-2H3,(H,17,23). The molecule has 1 aliphatic rings. The van der Waals surface area contributed by atoms with Gasteiger partial charge >= 0.3 is 0 Å². The molecule has 1 aliphatic heterocycles. The van der Waals surface area contributed by atoms with Crippen LogP contribution in [0.3, 0.4) is 0 Å². The molecule has 1 N–H and O–H groups in total. The third kappa shape index (κ3) is 4.21. The fraction of sp³-hybridized carbons (Fsp3) is 0.625. The number of rotatable bonds is 8. The molecule has 0 saturated carbocycles. The van der Waals surface area contributed by atoms with Gasteiger partial charge in [0.05, 0.1) is 18.1 Å². The first-order valence-corrected chi connectivity index (χ1v) is 9.58. The highest BCUT2D eigenvalue weighted by molar-refractivity contribution is 7.99. The Bertz CT molecular complexity index is 729. The van der Waals surface area contributed by atoms with E-state index in [2.05, 4.69) is 27.2 Å². The van der Waals surface area contributed by atoms with Crippen LogP contribution in [0.25, 0.3) is 11.0 Å². The van der Waals surface area contributed by atoms with Crippen molar-refractivity contribution in [2.24, 2.45) is 0 Å². The van der Waals surface area contributed by atoms with E-state index in [1.807, 2.05) is 10.9 Å². The van der Waals surface area contributed by atoms with E-state index in [0.717, 1.165) is 40.9 Å². The number of carbonyl (C=O) groups excluding carboxylic acids is 1. The first kappa shape index (κ1) is 17.9. The first-order valence-electron chi connectivity index (χ1n) is 8.60. The lowest BCUT2D eigenvalue weighted by molar-refractivity contribution is -0.124. The number of nitrogens with one attached hydrogen (secondary N) is 1. The van der Waals surface area contributed by atoms with Gasteiger partial charge in [-0.25, -0.2) is 14.6 Å². The second-order valence-electron chi connectivity index (χ2n) is 5.84. The van der Waals surface area contributed by atoms with Crippen molar-refractivity contribution in [1.82, 2.24) is 25.1 Å². The van der Waals surface area contributed by atoms with Gasteiger partial charge in [0.2, 0.25) is 5.91 Å². The number of ether oxygens (including phenoxy) is 1. The smallest absolute Gasteiger partial charge is 0.246 e. The molecule has 3 heterocycles. The molecule has 3 rings (SSSR count). The average molecular weight is 364 g/mol. The van der Waals surface area contributed by atoms with Crippen molar-refractivity contribution in [3.05, 3.63) is 6.20 Å². The molecule has 0 spiro atoms. The molecule has 2 aromatic rings. The topological polar surface area (TPSA) is 85.2 Å². The van der Waals surface area contributed by atoms with Gasteiger partial charge in [-0.1, -0.05) is 18.7 Å². The van der Waals surface area contributed by atoms with E-state index >= 15 is 0 Å². The maximum atomic E-state index is 11.5. The number of anilines is 1. The van der Waals surface area contributed by atoms with Crippen molar-refractivity contribution < 1.29 is 9.53 Å². The van der Waals surface area contributed by atoms with E-state index in [1.54, 1.807) is 11.8 Å². The second kappa shape index (κ2) is 8.48. The van der Waals surface area contributed by atoms with E-state index < -0.39 is 0 Å². The van der Waals surface area contributed by atoms with Gasteiger partial charge in [-0.3, -0.25) is 4.79 Å². The quantitative estimate of drug-likeness (QED) is 0.558. The molecule has 0 aliphatic carbocycles. The van der Waals surface area contributed by atoms with Gasteiger partial charge in [0, 0.05) is 26.7 Å². The third-order valence-electron chi connectivity index (χ3n) is 4.06. The summed E-state index contributed by atoms with van der Waals surface area (Å²) in [4.78, 5) is 23.3. The zero-order chi connectivity index (χ0) is 17.6. The van der Waals surface area contributed by atoms with Crippen LogP contribution in [0.1, 0.15) is 19.8 Å². The van der Waals surface area contributed by atoms with E-state index in [4.69, 9.17) is 9.72 Å². The number of methoxy groups -OCH3 is 1. The average Bonchev–Trinajstić information content (AvgIpc) is 3.25. The van der Waals surface area contributed by atoms with Gasteiger partial charge in [-0.15, -0.1) is 0 Å². The van der Waals surface area contributed by atoms with Gasteiger partial charge in [0.25, 0.3) is 0 Å². The highest BCUT2D eigenvalue weighted by atomic mass is 32.2. The fourth-order valence-electron chi connectivity index (χ4n) is 2.93. The monoisotopic (exact) mass is 364 g/mol. The summed E-state index contributed by atoms with van der Waals surface area (Å²) in [7, 11) is 1.50. The highest BCUT2D eigenvalue weighted by Crippen LogP contribution is 2.29. The molecule has 0 unspecified atom stereocenters. The van der Waals surface area contributed by atoms with Gasteiger partial charge < -0.3 is 15.0 Å². The van der Waals surface area contributed by atoms with Crippen LogP contribution in [0.5, 0.6) is 0 Å². The Balaban J connectivity index is 1.83. The molecule has 1 fully saturated rings. The van der Waals surface area contributed by atoms with Crippen molar-refractivity contribution in [1.29, 1.82) is 0 Å². The van der Waals surface area contributed by atoms with E-state index in [0.29, 0.717) is 13.1 Å². The predicted octanol–water partition coefficient (Wildman–Crippen LogP) is 1.30. The Morgan fingerprint density at radius 1 is 1.36 bits per heavy atom. The van der Waals surface area contributed by atoms with Crippen molar-refractivity contribution in [3.8, 4) is 0 Å². The van der Waals surface area contributed by atoms with Crippen LogP contribution in [0.4, 0.5) is 5.82 Å². The van der Waals surface area contributed by atoms with Gasteiger partial charge in [0.15, 0.2) is 10.8 Å². The minimum atomic E-state index is -0.131. The molecule has 1 amide bonds. The lowest BCUT2D eigenvalue weighted by Gasteiger charge is -2.17. The van der Waals surface area contributed by atoms with Crippen LogP contribution in [0.2, 0.25) is 0 Å². The highest BCUT2D eigenvalue weighted by Gasteiger charge is 2.20. The van der Waals surface area contributed by atoms with Crippen molar-refractivity contribution in [2.75, 3.05) is 44.0 Å². The molecule has 9 heteroatoms. The zero-order valence-corrected chi connectivity index (χ0v) is 15.5.